The molecule has 1 aliphatic heterocycles. The number of amides is 3. The van der Waals surface area contributed by atoms with Crippen LogP contribution in [0.1, 0.15) is 31.1 Å². The Morgan fingerprint density at radius 3 is 2.57 bits per heavy atom. The summed E-state index contributed by atoms with van der Waals surface area (Å²) < 4.78 is 15.1. The molecule has 148 valence electrons. The van der Waals surface area contributed by atoms with Crippen LogP contribution >= 0.6 is 11.3 Å². The van der Waals surface area contributed by atoms with Gasteiger partial charge in [-0.3, -0.25) is 23.7 Å². The molecule has 0 saturated heterocycles. The van der Waals surface area contributed by atoms with E-state index in [2.05, 4.69) is 10.3 Å². The van der Waals surface area contributed by atoms with Crippen molar-refractivity contribution in [2.75, 3.05) is 12.4 Å². The van der Waals surface area contributed by atoms with Gasteiger partial charge >= 0.3 is 0 Å². The van der Waals surface area contributed by atoms with E-state index in [4.69, 9.17) is 0 Å². The Bertz CT molecular complexity index is 1360. The predicted octanol–water partition coefficient (Wildman–Crippen LogP) is 3.68. The Balaban J connectivity index is 1.54. The van der Waals surface area contributed by atoms with E-state index in [9.17, 15) is 18.8 Å². The minimum absolute atomic E-state index is 0.197. The molecule has 1 N–H and O–H groups in total. The fourth-order valence-corrected chi connectivity index (χ4v) is 4.11. The summed E-state index contributed by atoms with van der Waals surface area (Å²) in [5, 5.41) is 4.68. The quantitative estimate of drug-likeness (QED) is 0.513. The van der Waals surface area contributed by atoms with E-state index in [0.29, 0.717) is 22.0 Å². The van der Waals surface area contributed by atoms with Crippen molar-refractivity contribution in [2.24, 2.45) is 0 Å². The van der Waals surface area contributed by atoms with Gasteiger partial charge in [-0.25, -0.2) is 9.37 Å². The van der Waals surface area contributed by atoms with Crippen LogP contribution in [0.4, 0.5) is 10.2 Å². The molecule has 5 rings (SSSR count). The van der Waals surface area contributed by atoms with Crippen molar-refractivity contribution in [3.05, 3.63) is 76.5 Å². The van der Waals surface area contributed by atoms with Crippen LogP contribution in [0.2, 0.25) is 0 Å². The maximum absolute atomic E-state index is 13.3. The number of halogens is 1. The summed E-state index contributed by atoms with van der Waals surface area (Å²) in [6.07, 6.45) is 1.77. The number of fused-ring (bicyclic) bond motifs is 2. The van der Waals surface area contributed by atoms with Crippen molar-refractivity contribution in [2.45, 2.75) is 0 Å². The third-order valence-electron chi connectivity index (χ3n) is 4.96. The van der Waals surface area contributed by atoms with E-state index >= 15 is 0 Å². The smallest absolute Gasteiger partial charge is 0.261 e. The summed E-state index contributed by atoms with van der Waals surface area (Å²) in [6.45, 7) is 0. The number of benzene rings is 2. The maximum Gasteiger partial charge on any atom is 0.261 e. The van der Waals surface area contributed by atoms with Crippen molar-refractivity contribution in [1.29, 1.82) is 0 Å². The zero-order chi connectivity index (χ0) is 21.0. The molecule has 30 heavy (non-hydrogen) atoms. The Morgan fingerprint density at radius 1 is 1.07 bits per heavy atom. The van der Waals surface area contributed by atoms with Crippen molar-refractivity contribution < 1.29 is 18.8 Å². The summed E-state index contributed by atoms with van der Waals surface area (Å²) in [7, 11) is 1.40. The van der Waals surface area contributed by atoms with Crippen LogP contribution in [0.15, 0.2) is 54.0 Å². The van der Waals surface area contributed by atoms with Crippen LogP contribution in [0.5, 0.6) is 0 Å². The van der Waals surface area contributed by atoms with Crippen LogP contribution < -0.4 is 5.32 Å². The number of hydrogen-bond acceptors (Lipinski definition) is 5. The molecule has 0 atom stereocenters. The number of rotatable bonds is 3. The van der Waals surface area contributed by atoms with E-state index in [0.717, 1.165) is 4.90 Å². The third-order valence-corrected chi connectivity index (χ3v) is 5.72. The second kappa shape index (κ2) is 6.60. The minimum atomic E-state index is -0.455. The molecule has 0 radical (unpaired) electrons. The predicted molar refractivity (Wildman–Crippen MR) is 109 cm³/mol. The Morgan fingerprint density at radius 2 is 1.80 bits per heavy atom. The number of hydrogen-bond donors (Lipinski definition) is 1. The number of nitrogens with zero attached hydrogens (tertiary/aromatic N) is 3. The van der Waals surface area contributed by atoms with Gasteiger partial charge in [-0.05, 0) is 42.5 Å². The van der Waals surface area contributed by atoms with Gasteiger partial charge in [0.25, 0.3) is 17.7 Å². The minimum Gasteiger partial charge on any atom is -0.306 e. The molecule has 3 heterocycles. The fraction of sp³-hybridized carbons (Fsp3) is 0.0476. The molecule has 3 amide bonds. The lowest BCUT2D eigenvalue weighted by Crippen LogP contribution is -2.24. The lowest BCUT2D eigenvalue weighted by atomic mass is 10.1. The maximum atomic E-state index is 13.3. The molecule has 0 aliphatic carbocycles. The monoisotopic (exact) mass is 420 g/mol. The summed E-state index contributed by atoms with van der Waals surface area (Å²) in [6, 6.07) is 10.2. The van der Waals surface area contributed by atoms with E-state index in [-0.39, 0.29) is 22.5 Å². The number of thiazole rings is 1. The first kappa shape index (κ1) is 18.2. The molecule has 4 aromatic rings. The molecule has 0 bridgehead atoms. The molecule has 9 heteroatoms. The van der Waals surface area contributed by atoms with Crippen LogP contribution in [0.3, 0.4) is 0 Å². The van der Waals surface area contributed by atoms with Crippen LogP contribution in [0.25, 0.3) is 16.2 Å². The average Bonchev–Trinajstić information content (AvgIpc) is 3.40. The summed E-state index contributed by atoms with van der Waals surface area (Å²) in [4.78, 5) is 43.5. The first-order chi connectivity index (χ1) is 14.4. The van der Waals surface area contributed by atoms with Gasteiger partial charge < -0.3 is 5.32 Å². The summed E-state index contributed by atoms with van der Waals surface area (Å²) in [5.41, 5.74) is 1.86. The van der Waals surface area contributed by atoms with E-state index in [1.165, 1.54) is 48.7 Å². The van der Waals surface area contributed by atoms with Gasteiger partial charge in [-0.1, -0.05) is 0 Å². The van der Waals surface area contributed by atoms with Gasteiger partial charge in [-0.2, -0.15) is 0 Å². The normalized spacial score (nSPS) is 13.2. The highest BCUT2D eigenvalue weighted by atomic mass is 32.1. The number of nitrogens with one attached hydrogen (secondary N) is 1. The zero-order valence-corrected chi connectivity index (χ0v) is 16.4. The van der Waals surface area contributed by atoms with Crippen molar-refractivity contribution in [1.82, 2.24) is 14.3 Å². The van der Waals surface area contributed by atoms with E-state index in [1.54, 1.807) is 22.7 Å². The Hall–Kier alpha value is -3.85. The van der Waals surface area contributed by atoms with Gasteiger partial charge in [0.2, 0.25) is 0 Å². The van der Waals surface area contributed by atoms with Crippen LogP contribution in [0, 0.1) is 5.82 Å². The number of aromatic nitrogens is 2. The molecule has 0 spiro atoms. The topological polar surface area (TPSA) is 83.8 Å². The zero-order valence-electron chi connectivity index (χ0n) is 15.5. The van der Waals surface area contributed by atoms with Gasteiger partial charge in [0.05, 0.1) is 11.1 Å². The lowest BCUT2D eigenvalue weighted by molar-refractivity contribution is 0.0693. The molecular formula is C21H13FN4O3S. The van der Waals surface area contributed by atoms with E-state index < -0.39 is 17.7 Å². The Kier molecular flexibility index (Phi) is 4.00. The fourth-order valence-electron chi connectivity index (χ4n) is 3.40. The van der Waals surface area contributed by atoms with Gasteiger partial charge in [0, 0.05) is 29.8 Å². The first-order valence-corrected chi connectivity index (χ1v) is 9.81. The number of imide groups is 1. The average molecular weight is 420 g/mol. The molecule has 1 aliphatic rings. The van der Waals surface area contributed by atoms with Crippen molar-refractivity contribution in [3.8, 4) is 11.3 Å². The standard InChI is InChI=1S/C21H13FN4O3S/c1-25-19(28)14-7-4-12(10-15(14)20(25)29)18(27)24-17-16(11-2-5-13(22)6-3-11)23-21-26(17)8-9-30-21/h2-10H,1H3,(H,24,27). The van der Waals surface area contributed by atoms with Crippen LogP contribution in [-0.4, -0.2) is 39.1 Å². The molecule has 2 aromatic heterocycles. The van der Waals surface area contributed by atoms with Crippen LogP contribution in [-0.2, 0) is 0 Å². The lowest BCUT2D eigenvalue weighted by Gasteiger charge is -2.08. The molecule has 2 aromatic carbocycles. The number of anilines is 1. The first-order valence-electron chi connectivity index (χ1n) is 8.93. The summed E-state index contributed by atoms with van der Waals surface area (Å²) in [5.74, 6) is -1.22. The molecule has 0 fully saturated rings. The Labute approximate surface area is 173 Å². The summed E-state index contributed by atoms with van der Waals surface area (Å²) >= 11 is 1.40. The second-order valence-electron chi connectivity index (χ2n) is 6.76. The van der Waals surface area contributed by atoms with E-state index in [1.807, 2.05) is 5.38 Å². The molecular weight excluding hydrogens is 407 g/mol. The van der Waals surface area contributed by atoms with Gasteiger partial charge in [0.1, 0.15) is 17.3 Å². The largest absolute Gasteiger partial charge is 0.306 e. The van der Waals surface area contributed by atoms with Crippen molar-refractivity contribution >= 4 is 39.8 Å². The number of imidazole rings is 1. The number of carbonyl (C=O) groups excluding carboxylic acids is 3. The molecule has 0 saturated carbocycles. The third kappa shape index (κ3) is 2.71. The second-order valence-corrected chi connectivity index (χ2v) is 7.63. The highest BCUT2D eigenvalue weighted by Gasteiger charge is 2.33. The highest BCUT2D eigenvalue weighted by Crippen LogP contribution is 2.31. The highest BCUT2D eigenvalue weighted by molar-refractivity contribution is 7.15. The number of carbonyl (C=O) groups is 3. The van der Waals surface area contributed by atoms with Gasteiger partial charge in [-0.15, -0.1) is 11.3 Å². The molecule has 7 nitrogen and oxygen atoms in total. The molecule has 0 unspecified atom stereocenters. The van der Waals surface area contributed by atoms with Gasteiger partial charge in [0.15, 0.2) is 4.96 Å². The van der Waals surface area contributed by atoms with Crippen molar-refractivity contribution in [3.63, 3.8) is 0 Å². The SMILES string of the molecule is CN1C(=O)c2ccc(C(=O)Nc3c(-c4ccc(F)cc4)nc4sccn34)cc2C1=O.